The van der Waals surface area contributed by atoms with Crippen LogP contribution in [0.2, 0.25) is 0 Å². The van der Waals surface area contributed by atoms with Crippen molar-refractivity contribution in [1.29, 1.82) is 0 Å². The van der Waals surface area contributed by atoms with Crippen molar-refractivity contribution in [1.82, 2.24) is 10.6 Å². The van der Waals surface area contributed by atoms with Crippen LogP contribution in [0.4, 0.5) is 0 Å². The first-order valence-corrected chi connectivity index (χ1v) is 9.17. The van der Waals surface area contributed by atoms with Crippen molar-refractivity contribution in [3.05, 3.63) is 0 Å². The largest absolute Gasteiger partial charge is 0.381 e. The minimum atomic E-state index is 0. The maximum Gasteiger partial charge on any atom is 0.191 e. The Balaban J connectivity index is 0.00000288. The molecule has 2 fully saturated rings. The fraction of sp³-hybridized carbons (Fsp3) is 0.941. The molecule has 7 heteroatoms. The van der Waals surface area contributed by atoms with Gasteiger partial charge in [-0.05, 0) is 44.9 Å². The summed E-state index contributed by atoms with van der Waals surface area (Å²) in [5, 5.41) is 6.55. The van der Waals surface area contributed by atoms with Crippen molar-refractivity contribution in [3.63, 3.8) is 0 Å². The van der Waals surface area contributed by atoms with Crippen LogP contribution < -0.4 is 10.6 Å². The fourth-order valence-electron chi connectivity index (χ4n) is 2.47. The van der Waals surface area contributed by atoms with Crippen molar-refractivity contribution in [2.75, 3.05) is 52.7 Å². The Morgan fingerprint density at radius 2 is 1.96 bits per heavy atom. The highest BCUT2D eigenvalue weighted by Crippen LogP contribution is 2.28. The number of hydrogen-bond donors (Lipinski definition) is 2. The second kappa shape index (κ2) is 14.1. The summed E-state index contributed by atoms with van der Waals surface area (Å²) in [5.74, 6) is 1.70. The Morgan fingerprint density at radius 1 is 1.12 bits per heavy atom. The molecule has 0 bridgehead atoms. The molecule has 24 heavy (non-hydrogen) atoms. The molecule has 1 atom stereocenters. The van der Waals surface area contributed by atoms with Crippen LogP contribution in [0.15, 0.2) is 4.99 Å². The van der Waals surface area contributed by atoms with Crippen molar-refractivity contribution in [2.24, 2.45) is 10.9 Å². The van der Waals surface area contributed by atoms with Crippen LogP contribution in [0, 0.1) is 5.92 Å². The minimum Gasteiger partial charge on any atom is -0.381 e. The third-order valence-corrected chi connectivity index (χ3v) is 3.98. The van der Waals surface area contributed by atoms with E-state index in [0.29, 0.717) is 19.3 Å². The van der Waals surface area contributed by atoms with E-state index < -0.39 is 0 Å². The molecule has 1 aliphatic heterocycles. The number of rotatable bonds is 12. The summed E-state index contributed by atoms with van der Waals surface area (Å²) in [7, 11) is 0. The lowest BCUT2D eigenvalue weighted by molar-refractivity contribution is 0.0191. The number of nitrogens with zero attached hydrogens (tertiary/aromatic N) is 1. The molecule has 0 amide bonds. The second-order valence-electron chi connectivity index (χ2n) is 6.27. The summed E-state index contributed by atoms with van der Waals surface area (Å²) in [6, 6.07) is 0. The molecule has 6 nitrogen and oxygen atoms in total. The first-order valence-electron chi connectivity index (χ1n) is 9.17. The van der Waals surface area contributed by atoms with Gasteiger partial charge in [-0.2, -0.15) is 0 Å². The van der Waals surface area contributed by atoms with E-state index in [0.717, 1.165) is 70.6 Å². The number of ether oxygens (including phenoxy) is 3. The van der Waals surface area contributed by atoms with Crippen LogP contribution in [0.1, 0.15) is 39.0 Å². The van der Waals surface area contributed by atoms with E-state index in [4.69, 9.17) is 14.2 Å². The monoisotopic (exact) mass is 455 g/mol. The molecule has 1 saturated heterocycles. The van der Waals surface area contributed by atoms with E-state index in [1.807, 2.05) is 0 Å². The zero-order valence-electron chi connectivity index (χ0n) is 14.9. The Kier molecular flexibility index (Phi) is 12.9. The average molecular weight is 455 g/mol. The van der Waals surface area contributed by atoms with Crippen LogP contribution in [0.5, 0.6) is 0 Å². The van der Waals surface area contributed by atoms with Gasteiger partial charge in [-0.1, -0.05) is 0 Å². The quantitative estimate of drug-likeness (QED) is 0.205. The number of guanidine groups is 1. The first-order chi connectivity index (χ1) is 11.4. The molecule has 0 radical (unpaired) electrons. The fourth-order valence-corrected chi connectivity index (χ4v) is 2.47. The Morgan fingerprint density at radius 3 is 2.67 bits per heavy atom. The lowest BCUT2D eigenvalue weighted by atomic mass is 10.2. The molecule has 1 saturated carbocycles. The number of hydrogen-bond acceptors (Lipinski definition) is 4. The van der Waals surface area contributed by atoms with Gasteiger partial charge in [0.25, 0.3) is 0 Å². The molecule has 0 aromatic rings. The maximum atomic E-state index is 5.64. The van der Waals surface area contributed by atoms with Gasteiger partial charge in [0, 0.05) is 39.5 Å². The van der Waals surface area contributed by atoms with Gasteiger partial charge < -0.3 is 24.8 Å². The zero-order valence-corrected chi connectivity index (χ0v) is 17.3. The highest BCUT2D eigenvalue weighted by atomic mass is 127. The molecule has 1 aliphatic carbocycles. The Hall–Kier alpha value is -0.120. The smallest absolute Gasteiger partial charge is 0.191 e. The van der Waals surface area contributed by atoms with Crippen molar-refractivity contribution < 1.29 is 14.2 Å². The third kappa shape index (κ3) is 10.7. The van der Waals surface area contributed by atoms with Gasteiger partial charge in [0.1, 0.15) is 0 Å². The molecular weight excluding hydrogens is 421 g/mol. The van der Waals surface area contributed by atoms with Gasteiger partial charge >= 0.3 is 0 Å². The van der Waals surface area contributed by atoms with E-state index in [1.54, 1.807) is 0 Å². The second-order valence-corrected chi connectivity index (χ2v) is 6.27. The van der Waals surface area contributed by atoms with Crippen LogP contribution in [0.25, 0.3) is 0 Å². The lowest BCUT2D eigenvalue weighted by Gasteiger charge is -2.13. The van der Waals surface area contributed by atoms with E-state index in [2.05, 4.69) is 22.5 Å². The summed E-state index contributed by atoms with van der Waals surface area (Å²) in [5.41, 5.74) is 0. The van der Waals surface area contributed by atoms with Crippen molar-refractivity contribution in [2.45, 2.75) is 45.1 Å². The molecular formula is C17H34IN3O3. The van der Waals surface area contributed by atoms with Gasteiger partial charge in [-0.3, -0.25) is 4.99 Å². The number of halogens is 1. The molecule has 1 heterocycles. The topological polar surface area (TPSA) is 64.1 Å². The van der Waals surface area contributed by atoms with E-state index in [-0.39, 0.29) is 24.0 Å². The summed E-state index contributed by atoms with van der Waals surface area (Å²) < 4.78 is 16.8. The molecule has 2 N–H and O–H groups in total. The van der Waals surface area contributed by atoms with E-state index in [1.165, 1.54) is 12.8 Å². The predicted molar refractivity (Wildman–Crippen MR) is 107 cm³/mol. The van der Waals surface area contributed by atoms with Crippen LogP contribution >= 0.6 is 24.0 Å². The summed E-state index contributed by atoms with van der Waals surface area (Å²) in [6.45, 7) is 8.49. The summed E-state index contributed by atoms with van der Waals surface area (Å²) in [6.07, 6.45) is 6.25. The molecule has 0 aromatic heterocycles. The van der Waals surface area contributed by atoms with Gasteiger partial charge in [-0.25, -0.2) is 0 Å². The zero-order chi connectivity index (χ0) is 16.2. The van der Waals surface area contributed by atoms with Gasteiger partial charge in [0.15, 0.2) is 5.96 Å². The molecule has 0 aromatic carbocycles. The number of nitrogens with one attached hydrogen (secondary N) is 2. The van der Waals surface area contributed by atoms with Gasteiger partial charge in [-0.15, -0.1) is 24.0 Å². The molecule has 2 aliphatic rings. The van der Waals surface area contributed by atoms with Gasteiger partial charge in [0.05, 0.1) is 19.3 Å². The average Bonchev–Trinajstić information content (AvgIpc) is 3.23. The van der Waals surface area contributed by atoms with Crippen LogP contribution in [-0.4, -0.2) is 64.7 Å². The molecule has 0 spiro atoms. The van der Waals surface area contributed by atoms with Crippen molar-refractivity contribution >= 4 is 29.9 Å². The maximum absolute atomic E-state index is 5.64. The Labute approximate surface area is 163 Å². The summed E-state index contributed by atoms with van der Waals surface area (Å²) >= 11 is 0. The first kappa shape index (κ1) is 21.9. The predicted octanol–water partition coefficient (Wildman–Crippen LogP) is 2.17. The lowest BCUT2D eigenvalue weighted by Crippen LogP contribution is -2.39. The molecule has 2 rings (SSSR count). The van der Waals surface area contributed by atoms with Crippen LogP contribution in [0.3, 0.4) is 0 Å². The Bertz CT molecular complexity index is 335. The molecule has 142 valence electrons. The third-order valence-electron chi connectivity index (χ3n) is 3.98. The van der Waals surface area contributed by atoms with Gasteiger partial charge in [0.2, 0.25) is 0 Å². The minimum absolute atomic E-state index is 0. The van der Waals surface area contributed by atoms with Crippen LogP contribution in [-0.2, 0) is 14.2 Å². The molecule has 1 unspecified atom stereocenters. The SMILES string of the molecule is CCNC(=NCCCOCC1CC1)NCCOCC1CCCO1.I. The van der Waals surface area contributed by atoms with E-state index in [9.17, 15) is 0 Å². The number of aliphatic imine (C=N–C) groups is 1. The normalized spacial score (nSPS) is 20.7. The highest BCUT2D eigenvalue weighted by molar-refractivity contribution is 14.0. The highest BCUT2D eigenvalue weighted by Gasteiger charge is 2.20. The summed E-state index contributed by atoms with van der Waals surface area (Å²) in [4.78, 5) is 4.56. The standard InChI is InChI=1S/C17H33N3O3.HI/c1-2-18-17(19-8-4-10-21-13-15-6-7-15)20-9-12-22-14-16-5-3-11-23-16;/h15-16H,2-14H2,1H3,(H2,18,19,20);1H. The van der Waals surface area contributed by atoms with E-state index >= 15 is 0 Å². The van der Waals surface area contributed by atoms with Crippen molar-refractivity contribution in [3.8, 4) is 0 Å².